The van der Waals surface area contributed by atoms with Gasteiger partial charge in [0.1, 0.15) is 18.1 Å². The molecule has 1 saturated heterocycles. The predicted molar refractivity (Wildman–Crippen MR) is 112 cm³/mol. The lowest BCUT2D eigenvalue weighted by Gasteiger charge is -2.16. The number of hydrogen-bond acceptors (Lipinski definition) is 6. The van der Waals surface area contributed by atoms with E-state index in [1.807, 2.05) is 12.1 Å². The lowest BCUT2D eigenvalue weighted by Crippen LogP contribution is -2.33. The zero-order valence-electron chi connectivity index (χ0n) is 17.1. The number of fused-ring (bicyclic) bond motifs is 1. The van der Waals surface area contributed by atoms with Crippen LogP contribution in [0.2, 0.25) is 0 Å². The maximum atomic E-state index is 12.4. The first-order valence-electron chi connectivity index (χ1n) is 9.84. The molecule has 2 aromatic rings. The highest BCUT2D eigenvalue weighted by molar-refractivity contribution is 6.00. The molecule has 0 aromatic heterocycles. The van der Waals surface area contributed by atoms with Gasteiger partial charge in [-0.15, -0.1) is 0 Å². The summed E-state index contributed by atoms with van der Waals surface area (Å²) >= 11 is 0. The first kappa shape index (κ1) is 20.4. The molecule has 2 aliphatic heterocycles. The second-order valence-electron chi connectivity index (χ2n) is 6.98. The van der Waals surface area contributed by atoms with Crippen LogP contribution in [0.1, 0.15) is 6.42 Å². The number of anilines is 1. The molecule has 1 N–H and O–H groups in total. The van der Waals surface area contributed by atoms with Gasteiger partial charge in [-0.2, -0.15) is 0 Å². The van der Waals surface area contributed by atoms with E-state index in [0.717, 1.165) is 5.69 Å². The SMILES string of the molecule is COc1ccc(N2CC(C(=O)NCC#CCOc3ccc4c(c3)OCO4)CC2=O)cc1. The highest BCUT2D eigenvalue weighted by atomic mass is 16.7. The van der Waals surface area contributed by atoms with Gasteiger partial charge in [-0.3, -0.25) is 9.59 Å². The Morgan fingerprint density at radius 2 is 1.90 bits per heavy atom. The van der Waals surface area contributed by atoms with Crippen LogP contribution >= 0.6 is 0 Å². The largest absolute Gasteiger partial charge is 0.497 e. The van der Waals surface area contributed by atoms with Gasteiger partial charge in [-0.05, 0) is 36.4 Å². The maximum absolute atomic E-state index is 12.4. The number of rotatable bonds is 6. The first-order chi connectivity index (χ1) is 15.1. The van der Waals surface area contributed by atoms with Crippen LogP contribution in [0.4, 0.5) is 5.69 Å². The van der Waals surface area contributed by atoms with Crippen molar-refractivity contribution in [3.05, 3.63) is 42.5 Å². The highest BCUT2D eigenvalue weighted by Crippen LogP contribution is 2.35. The molecule has 1 fully saturated rings. The Hall–Kier alpha value is -3.86. The second kappa shape index (κ2) is 9.30. The van der Waals surface area contributed by atoms with E-state index in [1.165, 1.54) is 0 Å². The van der Waals surface area contributed by atoms with Crippen molar-refractivity contribution in [1.29, 1.82) is 0 Å². The van der Waals surface area contributed by atoms with Crippen LogP contribution in [0.25, 0.3) is 0 Å². The van der Waals surface area contributed by atoms with Crippen LogP contribution in [0.3, 0.4) is 0 Å². The average Bonchev–Trinajstić information content (AvgIpc) is 3.42. The van der Waals surface area contributed by atoms with Crippen LogP contribution in [-0.2, 0) is 9.59 Å². The summed E-state index contributed by atoms with van der Waals surface area (Å²) in [4.78, 5) is 26.3. The fraction of sp³-hybridized carbons (Fsp3) is 0.304. The van der Waals surface area contributed by atoms with Crippen molar-refractivity contribution in [2.24, 2.45) is 5.92 Å². The fourth-order valence-electron chi connectivity index (χ4n) is 3.37. The van der Waals surface area contributed by atoms with Gasteiger partial charge in [0.2, 0.25) is 18.6 Å². The topological polar surface area (TPSA) is 86.3 Å². The van der Waals surface area contributed by atoms with Crippen LogP contribution in [0.15, 0.2) is 42.5 Å². The number of nitrogens with zero attached hydrogens (tertiary/aromatic N) is 1. The Labute approximate surface area is 180 Å². The quantitative estimate of drug-likeness (QED) is 0.717. The van der Waals surface area contributed by atoms with E-state index in [0.29, 0.717) is 29.5 Å². The molecule has 2 heterocycles. The Bertz CT molecular complexity index is 1020. The zero-order chi connectivity index (χ0) is 21.6. The molecular formula is C23H22N2O6. The number of benzene rings is 2. The summed E-state index contributed by atoms with van der Waals surface area (Å²) in [5, 5.41) is 2.76. The molecule has 0 spiro atoms. The van der Waals surface area contributed by atoms with E-state index in [4.69, 9.17) is 18.9 Å². The minimum Gasteiger partial charge on any atom is -0.497 e. The number of nitrogens with one attached hydrogen (secondary N) is 1. The lowest BCUT2D eigenvalue weighted by atomic mass is 10.1. The van der Waals surface area contributed by atoms with E-state index in [2.05, 4.69) is 17.2 Å². The maximum Gasteiger partial charge on any atom is 0.231 e. The van der Waals surface area contributed by atoms with Crippen molar-refractivity contribution in [1.82, 2.24) is 5.32 Å². The van der Waals surface area contributed by atoms with Gasteiger partial charge >= 0.3 is 0 Å². The van der Waals surface area contributed by atoms with Gasteiger partial charge in [0, 0.05) is 24.7 Å². The number of amides is 2. The summed E-state index contributed by atoms with van der Waals surface area (Å²) in [5.74, 6) is 7.73. The van der Waals surface area contributed by atoms with Crippen molar-refractivity contribution in [2.75, 3.05) is 38.5 Å². The monoisotopic (exact) mass is 422 g/mol. The van der Waals surface area contributed by atoms with E-state index >= 15 is 0 Å². The molecule has 0 aliphatic carbocycles. The minimum absolute atomic E-state index is 0.0754. The van der Waals surface area contributed by atoms with Crippen molar-refractivity contribution in [3.63, 3.8) is 0 Å². The molecule has 31 heavy (non-hydrogen) atoms. The number of carbonyl (C=O) groups excluding carboxylic acids is 2. The molecule has 8 heteroatoms. The Morgan fingerprint density at radius 1 is 1.13 bits per heavy atom. The smallest absolute Gasteiger partial charge is 0.231 e. The van der Waals surface area contributed by atoms with Crippen molar-refractivity contribution < 1.29 is 28.5 Å². The molecule has 0 bridgehead atoms. The Morgan fingerprint density at radius 3 is 2.71 bits per heavy atom. The van der Waals surface area contributed by atoms with Gasteiger partial charge in [-0.1, -0.05) is 11.8 Å². The molecule has 2 amide bonds. The van der Waals surface area contributed by atoms with Gasteiger partial charge in [0.15, 0.2) is 11.5 Å². The standard InChI is InChI=1S/C23H22N2O6/c1-28-18-6-4-17(5-7-18)25-14-16(12-22(25)26)23(27)24-10-2-3-11-29-19-8-9-20-21(13-19)31-15-30-20/h4-9,13,16H,10-12,14-15H2,1H3,(H,24,27). The van der Waals surface area contributed by atoms with Crippen molar-refractivity contribution in [3.8, 4) is 34.8 Å². The van der Waals surface area contributed by atoms with Crippen LogP contribution in [0, 0.1) is 17.8 Å². The summed E-state index contributed by atoms with van der Waals surface area (Å²) in [6.07, 6.45) is 0.179. The Balaban J connectivity index is 1.21. The summed E-state index contributed by atoms with van der Waals surface area (Å²) in [6, 6.07) is 12.5. The molecule has 4 rings (SSSR count). The van der Waals surface area contributed by atoms with E-state index < -0.39 is 5.92 Å². The summed E-state index contributed by atoms with van der Waals surface area (Å²) in [7, 11) is 1.59. The van der Waals surface area contributed by atoms with Gasteiger partial charge in [0.05, 0.1) is 19.6 Å². The number of ether oxygens (including phenoxy) is 4. The second-order valence-corrected chi connectivity index (χ2v) is 6.98. The summed E-state index contributed by atoms with van der Waals surface area (Å²) < 4.78 is 21.2. The molecule has 0 saturated carbocycles. The normalized spacial score (nSPS) is 16.5. The summed E-state index contributed by atoms with van der Waals surface area (Å²) in [6.45, 7) is 0.930. The number of methoxy groups -OCH3 is 1. The molecule has 1 atom stereocenters. The molecule has 1 unspecified atom stereocenters. The van der Waals surface area contributed by atoms with E-state index in [-0.39, 0.29) is 38.2 Å². The summed E-state index contributed by atoms with van der Waals surface area (Å²) in [5.41, 5.74) is 0.751. The van der Waals surface area contributed by atoms with Gasteiger partial charge in [0.25, 0.3) is 0 Å². The first-order valence-corrected chi connectivity index (χ1v) is 9.84. The molecule has 8 nitrogen and oxygen atoms in total. The average molecular weight is 422 g/mol. The zero-order valence-corrected chi connectivity index (χ0v) is 17.1. The van der Waals surface area contributed by atoms with Crippen LogP contribution in [-0.4, -0.2) is 45.4 Å². The molecule has 160 valence electrons. The predicted octanol–water partition coefficient (Wildman–Crippen LogP) is 1.98. The molecule has 2 aromatic carbocycles. The number of hydrogen-bond donors (Lipinski definition) is 1. The van der Waals surface area contributed by atoms with E-state index in [1.54, 1.807) is 42.3 Å². The molecule has 0 radical (unpaired) electrons. The highest BCUT2D eigenvalue weighted by Gasteiger charge is 2.34. The third kappa shape index (κ3) is 4.83. The van der Waals surface area contributed by atoms with Gasteiger partial charge < -0.3 is 29.2 Å². The Kier molecular flexibility index (Phi) is 6.13. The fourth-order valence-corrected chi connectivity index (χ4v) is 3.37. The third-order valence-corrected chi connectivity index (χ3v) is 5.01. The number of carbonyl (C=O) groups is 2. The lowest BCUT2D eigenvalue weighted by molar-refractivity contribution is -0.126. The van der Waals surface area contributed by atoms with Crippen molar-refractivity contribution in [2.45, 2.75) is 6.42 Å². The molecule has 2 aliphatic rings. The van der Waals surface area contributed by atoms with Crippen molar-refractivity contribution >= 4 is 17.5 Å². The third-order valence-electron chi connectivity index (χ3n) is 5.01. The van der Waals surface area contributed by atoms with Crippen LogP contribution in [0.5, 0.6) is 23.0 Å². The van der Waals surface area contributed by atoms with Gasteiger partial charge in [-0.25, -0.2) is 0 Å². The minimum atomic E-state index is -0.402. The molecular weight excluding hydrogens is 400 g/mol. The van der Waals surface area contributed by atoms with Crippen LogP contribution < -0.4 is 29.2 Å². The van der Waals surface area contributed by atoms with E-state index in [9.17, 15) is 9.59 Å².